The van der Waals surface area contributed by atoms with Gasteiger partial charge in [-0.3, -0.25) is 4.79 Å². The molecule has 5 nitrogen and oxygen atoms in total. The first-order valence-corrected chi connectivity index (χ1v) is 7.19. The number of unbranched alkanes of at least 4 members (excludes halogenated alkanes) is 2. The molecule has 0 aliphatic rings. The number of urea groups is 1. The highest BCUT2D eigenvalue weighted by atomic mass is 16.5. The third-order valence-electron chi connectivity index (χ3n) is 2.60. The van der Waals surface area contributed by atoms with E-state index in [0.29, 0.717) is 6.54 Å². The molecule has 2 amide bonds. The Morgan fingerprint density at radius 1 is 1.16 bits per heavy atom. The van der Waals surface area contributed by atoms with Crippen molar-refractivity contribution in [2.24, 2.45) is 0 Å². The summed E-state index contributed by atoms with van der Waals surface area (Å²) in [5.74, 6) is -0.286. The molecule has 0 aromatic carbocycles. The average molecular weight is 272 g/mol. The monoisotopic (exact) mass is 272 g/mol. The molecule has 0 aliphatic carbocycles. The zero-order valence-corrected chi connectivity index (χ0v) is 12.6. The fourth-order valence-electron chi connectivity index (χ4n) is 1.65. The first-order chi connectivity index (χ1) is 8.95. The van der Waals surface area contributed by atoms with Gasteiger partial charge in [-0.2, -0.15) is 0 Å². The zero-order valence-electron chi connectivity index (χ0n) is 12.6. The quantitative estimate of drug-likeness (QED) is 0.501. The van der Waals surface area contributed by atoms with Gasteiger partial charge < -0.3 is 15.4 Å². The molecule has 0 saturated heterocycles. The molecule has 1 atom stereocenters. The maximum absolute atomic E-state index is 11.5. The Balaban J connectivity index is 3.61. The fourth-order valence-corrected chi connectivity index (χ4v) is 1.65. The van der Waals surface area contributed by atoms with Crippen molar-refractivity contribution in [2.75, 3.05) is 6.54 Å². The molecule has 0 aromatic heterocycles. The Bertz CT molecular complexity index is 267. The topological polar surface area (TPSA) is 67.4 Å². The molecule has 0 spiro atoms. The number of ether oxygens (including phenoxy) is 1. The van der Waals surface area contributed by atoms with Crippen molar-refractivity contribution in [1.29, 1.82) is 0 Å². The molecule has 0 aromatic rings. The third-order valence-corrected chi connectivity index (χ3v) is 2.60. The predicted molar refractivity (Wildman–Crippen MR) is 76.0 cm³/mol. The standard InChI is InChI=1S/C14H28N2O3/c1-5-6-7-8-12(4)16-14(18)15-10-9-13(17)19-11(2)3/h11-12H,5-10H2,1-4H3,(H2,15,16,18). The number of rotatable bonds is 9. The molecule has 0 radical (unpaired) electrons. The van der Waals surface area contributed by atoms with Gasteiger partial charge in [0.25, 0.3) is 0 Å². The van der Waals surface area contributed by atoms with Gasteiger partial charge in [0.05, 0.1) is 12.5 Å². The smallest absolute Gasteiger partial charge is 0.315 e. The minimum atomic E-state index is -0.286. The van der Waals surface area contributed by atoms with E-state index in [1.807, 2.05) is 6.92 Å². The van der Waals surface area contributed by atoms with Crippen LogP contribution in [0.25, 0.3) is 0 Å². The molecule has 2 N–H and O–H groups in total. The van der Waals surface area contributed by atoms with Crippen LogP contribution < -0.4 is 10.6 Å². The summed E-state index contributed by atoms with van der Waals surface area (Å²) in [7, 11) is 0. The van der Waals surface area contributed by atoms with Gasteiger partial charge in [-0.1, -0.05) is 26.2 Å². The van der Waals surface area contributed by atoms with Gasteiger partial charge in [0.1, 0.15) is 0 Å². The molecule has 19 heavy (non-hydrogen) atoms. The Kier molecular flexibility index (Phi) is 9.94. The van der Waals surface area contributed by atoms with Crippen molar-refractivity contribution in [3.63, 3.8) is 0 Å². The van der Waals surface area contributed by atoms with Gasteiger partial charge in [0, 0.05) is 12.6 Å². The Morgan fingerprint density at radius 2 is 1.84 bits per heavy atom. The van der Waals surface area contributed by atoms with Crippen LogP contribution in [0.15, 0.2) is 0 Å². The Morgan fingerprint density at radius 3 is 2.42 bits per heavy atom. The molecule has 0 bridgehead atoms. The fraction of sp³-hybridized carbons (Fsp3) is 0.857. The third kappa shape index (κ3) is 11.6. The first kappa shape index (κ1) is 17.7. The molecule has 0 rings (SSSR count). The lowest BCUT2D eigenvalue weighted by Gasteiger charge is -2.14. The minimum absolute atomic E-state index is 0.111. The molecular weight excluding hydrogens is 244 g/mol. The lowest BCUT2D eigenvalue weighted by atomic mass is 10.1. The zero-order chi connectivity index (χ0) is 14.7. The van der Waals surface area contributed by atoms with E-state index in [2.05, 4.69) is 17.6 Å². The maximum atomic E-state index is 11.5. The van der Waals surface area contributed by atoms with Gasteiger partial charge in [-0.15, -0.1) is 0 Å². The van der Waals surface area contributed by atoms with Crippen LogP contribution in [-0.4, -0.2) is 30.7 Å². The lowest BCUT2D eigenvalue weighted by Crippen LogP contribution is -2.41. The highest BCUT2D eigenvalue weighted by molar-refractivity contribution is 5.75. The van der Waals surface area contributed by atoms with Gasteiger partial charge in [-0.05, 0) is 27.2 Å². The number of carbonyl (C=O) groups is 2. The number of hydrogen-bond donors (Lipinski definition) is 2. The van der Waals surface area contributed by atoms with E-state index in [-0.39, 0.29) is 30.6 Å². The summed E-state index contributed by atoms with van der Waals surface area (Å²) in [6.45, 7) is 8.05. The summed E-state index contributed by atoms with van der Waals surface area (Å²) in [6, 6.07) is -0.0597. The summed E-state index contributed by atoms with van der Waals surface area (Å²) in [6.07, 6.45) is 4.57. The number of nitrogens with one attached hydrogen (secondary N) is 2. The molecule has 112 valence electrons. The second-order valence-corrected chi connectivity index (χ2v) is 5.09. The summed E-state index contributed by atoms with van der Waals surface area (Å²) >= 11 is 0. The first-order valence-electron chi connectivity index (χ1n) is 7.19. The number of amides is 2. The summed E-state index contributed by atoms with van der Waals surface area (Å²) in [4.78, 5) is 22.8. The SMILES string of the molecule is CCCCCC(C)NC(=O)NCCC(=O)OC(C)C. The van der Waals surface area contributed by atoms with Crippen LogP contribution in [0.4, 0.5) is 4.79 Å². The van der Waals surface area contributed by atoms with Crippen molar-refractivity contribution in [2.45, 2.75) is 71.9 Å². The molecule has 5 heteroatoms. The van der Waals surface area contributed by atoms with Gasteiger partial charge in [0.15, 0.2) is 0 Å². The molecular formula is C14H28N2O3. The van der Waals surface area contributed by atoms with Crippen LogP contribution in [-0.2, 0) is 9.53 Å². The van der Waals surface area contributed by atoms with Crippen LogP contribution in [0.5, 0.6) is 0 Å². The van der Waals surface area contributed by atoms with Gasteiger partial charge >= 0.3 is 12.0 Å². The molecule has 0 heterocycles. The van der Waals surface area contributed by atoms with Crippen molar-refractivity contribution < 1.29 is 14.3 Å². The highest BCUT2D eigenvalue weighted by Crippen LogP contribution is 2.02. The molecule has 0 fully saturated rings. The lowest BCUT2D eigenvalue weighted by molar-refractivity contribution is -0.147. The molecule has 1 unspecified atom stereocenters. The number of hydrogen-bond acceptors (Lipinski definition) is 3. The van der Waals surface area contributed by atoms with Gasteiger partial charge in [-0.25, -0.2) is 4.79 Å². The van der Waals surface area contributed by atoms with Crippen molar-refractivity contribution in [3.8, 4) is 0 Å². The largest absolute Gasteiger partial charge is 0.463 e. The summed E-state index contributed by atoms with van der Waals surface area (Å²) in [5.41, 5.74) is 0. The predicted octanol–water partition coefficient (Wildman–Crippen LogP) is 2.60. The maximum Gasteiger partial charge on any atom is 0.315 e. The van der Waals surface area contributed by atoms with Crippen LogP contribution in [0, 0.1) is 0 Å². The van der Waals surface area contributed by atoms with Crippen molar-refractivity contribution >= 4 is 12.0 Å². The van der Waals surface area contributed by atoms with Crippen molar-refractivity contribution in [3.05, 3.63) is 0 Å². The van der Waals surface area contributed by atoms with Gasteiger partial charge in [0.2, 0.25) is 0 Å². The van der Waals surface area contributed by atoms with Crippen LogP contribution in [0.3, 0.4) is 0 Å². The number of esters is 1. The van der Waals surface area contributed by atoms with Crippen LogP contribution in [0.2, 0.25) is 0 Å². The van der Waals surface area contributed by atoms with E-state index in [1.54, 1.807) is 13.8 Å². The minimum Gasteiger partial charge on any atom is -0.463 e. The second kappa shape index (κ2) is 10.6. The van der Waals surface area contributed by atoms with E-state index in [0.717, 1.165) is 12.8 Å². The van der Waals surface area contributed by atoms with E-state index >= 15 is 0 Å². The second-order valence-electron chi connectivity index (χ2n) is 5.09. The molecule has 0 aliphatic heterocycles. The van der Waals surface area contributed by atoms with E-state index < -0.39 is 0 Å². The summed E-state index contributed by atoms with van der Waals surface area (Å²) in [5, 5.41) is 5.51. The highest BCUT2D eigenvalue weighted by Gasteiger charge is 2.08. The molecule has 0 saturated carbocycles. The van der Waals surface area contributed by atoms with E-state index in [1.165, 1.54) is 12.8 Å². The summed E-state index contributed by atoms with van der Waals surface area (Å²) < 4.78 is 4.97. The Hall–Kier alpha value is -1.26. The van der Waals surface area contributed by atoms with Crippen LogP contribution >= 0.6 is 0 Å². The van der Waals surface area contributed by atoms with E-state index in [4.69, 9.17) is 4.74 Å². The normalized spacial score (nSPS) is 12.1. The Labute approximate surface area is 116 Å². The average Bonchev–Trinajstić information content (AvgIpc) is 2.28. The van der Waals surface area contributed by atoms with Crippen LogP contribution in [0.1, 0.15) is 59.8 Å². The number of carbonyl (C=O) groups excluding carboxylic acids is 2. The van der Waals surface area contributed by atoms with Crippen molar-refractivity contribution in [1.82, 2.24) is 10.6 Å². The van der Waals surface area contributed by atoms with E-state index in [9.17, 15) is 9.59 Å².